The molecular formula is C16H24ClNO. The number of rotatable bonds is 3. The van der Waals surface area contributed by atoms with E-state index in [1.807, 2.05) is 24.3 Å². The molecule has 1 N–H and O–H groups in total. The Morgan fingerprint density at radius 3 is 2.68 bits per heavy atom. The van der Waals surface area contributed by atoms with E-state index in [-0.39, 0.29) is 0 Å². The minimum absolute atomic E-state index is 0.558. The fraction of sp³-hybridized carbons (Fsp3) is 0.625. The Morgan fingerprint density at radius 2 is 2.00 bits per heavy atom. The van der Waals surface area contributed by atoms with Crippen LogP contribution >= 0.6 is 11.6 Å². The second-order valence-electron chi connectivity index (χ2n) is 5.98. The van der Waals surface area contributed by atoms with Crippen molar-refractivity contribution in [2.45, 2.75) is 51.2 Å². The van der Waals surface area contributed by atoms with Crippen molar-refractivity contribution in [3.05, 3.63) is 34.9 Å². The second-order valence-corrected chi connectivity index (χ2v) is 6.38. The van der Waals surface area contributed by atoms with Gasteiger partial charge in [0.1, 0.15) is 0 Å². The van der Waals surface area contributed by atoms with Crippen LogP contribution in [0.2, 0.25) is 5.02 Å². The van der Waals surface area contributed by atoms with E-state index in [4.69, 9.17) is 11.6 Å². The third kappa shape index (κ3) is 3.95. The van der Waals surface area contributed by atoms with E-state index in [1.165, 1.54) is 0 Å². The molecule has 3 heteroatoms. The highest BCUT2D eigenvalue weighted by Crippen LogP contribution is 2.29. The smallest absolute Gasteiger partial charge is 0.0701 e. The molecule has 0 aliphatic carbocycles. The fourth-order valence-electron chi connectivity index (χ4n) is 2.89. The molecule has 1 aliphatic heterocycles. The van der Waals surface area contributed by atoms with Crippen molar-refractivity contribution in [2.24, 2.45) is 0 Å². The van der Waals surface area contributed by atoms with Crippen molar-refractivity contribution >= 4 is 11.6 Å². The first-order valence-corrected chi connectivity index (χ1v) is 7.58. The Kier molecular flexibility index (Phi) is 4.88. The van der Waals surface area contributed by atoms with E-state index in [2.05, 4.69) is 18.7 Å². The lowest BCUT2D eigenvalue weighted by Gasteiger charge is -2.28. The summed E-state index contributed by atoms with van der Waals surface area (Å²) in [6.45, 7) is 6.50. The second kappa shape index (κ2) is 6.25. The largest absolute Gasteiger partial charge is 0.389 e. The zero-order valence-corrected chi connectivity index (χ0v) is 12.7. The predicted molar refractivity (Wildman–Crippen MR) is 80.7 cm³/mol. The van der Waals surface area contributed by atoms with E-state index in [0.717, 1.165) is 42.9 Å². The number of hydrogen-bond donors (Lipinski definition) is 1. The standard InChI is InChI=1S/C16H24ClNO/c1-13(2)18-10-5-8-16(19,9-11-18)12-14-6-3-4-7-15(14)17/h3-4,6-7,13,19H,5,8-12H2,1-2H3. The van der Waals surface area contributed by atoms with Gasteiger partial charge in [-0.3, -0.25) is 0 Å². The molecule has 0 amide bonds. The predicted octanol–water partition coefficient (Wildman–Crippen LogP) is 3.51. The Hall–Kier alpha value is -0.570. The van der Waals surface area contributed by atoms with Crippen LogP contribution in [0.15, 0.2) is 24.3 Å². The summed E-state index contributed by atoms with van der Waals surface area (Å²) in [4.78, 5) is 2.45. The van der Waals surface area contributed by atoms with Gasteiger partial charge in [0.25, 0.3) is 0 Å². The average molecular weight is 282 g/mol. The highest BCUT2D eigenvalue weighted by Gasteiger charge is 2.31. The first-order chi connectivity index (χ1) is 9.00. The summed E-state index contributed by atoms with van der Waals surface area (Å²) in [6.07, 6.45) is 3.41. The zero-order valence-electron chi connectivity index (χ0n) is 11.9. The van der Waals surface area contributed by atoms with Crippen LogP contribution in [0.4, 0.5) is 0 Å². The molecule has 0 aromatic heterocycles. The van der Waals surface area contributed by atoms with E-state index in [0.29, 0.717) is 12.5 Å². The first-order valence-electron chi connectivity index (χ1n) is 7.20. The van der Waals surface area contributed by atoms with Crippen LogP contribution in [-0.4, -0.2) is 34.7 Å². The maximum atomic E-state index is 10.8. The molecule has 0 saturated carbocycles. The molecule has 1 saturated heterocycles. The van der Waals surface area contributed by atoms with Crippen molar-refractivity contribution in [1.29, 1.82) is 0 Å². The molecule has 0 radical (unpaired) electrons. The number of likely N-dealkylation sites (tertiary alicyclic amines) is 1. The summed E-state index contributed by atoms with van der Waals surface area (Å²) >= 11 is 6.20. The Bertz CT molecular complexity index is 421. The molecule has 0 bridgehead atoms. The minimum atomic E-state index is -0.603. The van der Waals surface area contributed by atoms with Gasteiger partial charge >= 0.3 is 0 Å². The lowest BCUT2D eigenvalue weighted by molar-refractivity contribution is 0.0249. The summed E-state index contributed by atoms with van der Waals surface area (Å²) in [7, 11) is 0. The van der Waals surface area contributed by atoms with Gasteiger partial charge in [-0.2, -0.15) is 0 Å². The molecule has 1 aromatic rings. The molecule has 2 rings (SSSR count). The molecular weight excluding hydrogens is 258 g/mol. The van der Waals surface area contributed by atoms with Gasteiger partial charge in [-0.1, -0.05) is 29.8 Å². The quantitative estimate of drug-likeness (QED) is 0.916. The summed E-state index contributed by atoms with van der Waals surface area (Å²) in [5.74, 6) is 0. The van der Waals surface area contributed by atoms with Crippen LogP contribution in [0, 0.1) is 0 Å². The summed E-state index contributed by atoms with van der Waals surface area (Å²) < 4.78 is 0. The number of nitrogens with zero attached hydrogens (tertiary/aromatic N) is 1. The number of halogens is 1. The van der Waals surface area contributed by atoms with E-state index < -0.39 is 5.60 Å². The molecule has 1 aliphatic rings. The first kappa shape index (κ1) is 14.8. The van der Waals surface area contributed by atoms with E-state index >= 15 is 0 Å². The monoisotopic (exact) mass is 281 g/mol. The van der Waals surface area contributed by atoms with Crippen LogP contribution in [0.25, 0.3) is 0 Å². The maximum absolute atomic E-state index is 10.8. The molecule has 1 atom stereocenters. The van der Waals surface area contributed by atoms with Crippen LogP contribution in [-0.2, 0) is 6.42 Å². The summed E-state index contributed by atoms with van der Waals surface area (Å²) in [6, 6.07) is 8.40. The highest BCUT2D eigenvalue weighted by atomic mass is 35.5. The van der Waals surface area contributed by atoms with Gasteiger partial charge in [-0.05, 0) is 51.3 Å². The van der Waals surface area contributed by atoms with Crippen molar-refractivity contribution in [3.8, 4) is 0 Å². The molecule has 1 fully saturated rings. The third-order valence-corrected chi connectivity index (χ3v) is 4.53. The van der Waals surface area contributed by atoms with Crippen molar-refractivity contribution in [2.75, 3.05) is 13.1 Å². The van der Waals surface area contributed by atoms with Crippen LogP contribution in [0.1, 0.15) is 38.7 Å². The summed E-state index contributed by atoms with van der Waals surface area (Å²) in [5.41, 5.74) is 0.457. The molecule has 19 heavy (non-hydrogen) atoms. The lowest BCUT2D eigenvalue weighted by Crippen LogP contribution is -2.35. The Labute approximate surface area is 121 Å². The van der Waals surface area contributed by atoms with E-state index in [1.54, 1.807) is 0 Å². The van der Waals surface area contributed by atoms with Gasteiger partial charge in [-0.15, -0.1) is 0 Å². The molecule has 2 nitrogen and oxygen atoms in total. The summed E-state index contributed by atoms with van der Waals surface area (Å²) in [5, 5.41) is 11.6. The molecule has 1 heterocycles. The van der Waals surface area contributed by atoms with Gasteiger partial charge in [-0.25, -0.2) is 0 Å². The third-order valence-electron chi connectivity index (χ3n) is 4.16. The average Bonchev–Trinajstić information content (AvgIpc) is 2.55. The number of hydrogen-bond acceptors (Lipinski definition) is 2. The highest BCUT2D eigenvalue weighted by molar-refractivity contribution is 6.31. The van der Waals surface area contributed by atoms with Crippen LogP contribution < -0.4 is 0 Å². The molecule has 106 valence electrons. The number of aliphatic hydroxyl groups is 1. The molecule has 1 aromatic carbocycles. The Morgan fingerprint density at radius 1 is 1.26 bits per heavy atom. The van der Waals surface area contributed by atoms with Crippen molar-refractivity contribution < 1.29 is 5.11 Å². The van der Waals surface area contributed by atoms with Gasteiger partial charge in [0.05, 0.1) is 5.60 Å². The minimum Gasteiger partial charge on any atom is -0.389 e. The molecule has 0 spiro atoms. The fourth-order valence-corrected chi connectivity index (χ4v) is 3.09. The normalized spacial score (nSPS) is 25.5. The number of benzene rings is 1. The topological polar surface area (TPSA) is 23.5 Å². The van der Waals surface area contributed by atoms with Gasteiger partial charge in [0.15, 0.2) is 0 Å². The molecule has 1 unspecified atom stereocenters. The van der Waals surface area contributed by atoms with Crippen LogP contribution in [0.5, 0.6) is 0 Å². The lowest BCUT2D eigenvalue weighted by atomic mass is 9.88. The van der Waals surface area contributed by atoms with Crippen LogP contribution in [0.3, 0.4) is 0 Å². The van der Waals surface area contributed by atoms with Gasteiger partial charge in [0, 0.05) is 24.0 Å². The van der Waals surface area contributed by atoms with E-state index in [9.17, 15) is 5.11 Å². The SMILES string of the molecule is CC(C)N1CCCC(O)(Cc2ccccc2Cl)CC1. The van der Waals surface area contributed by atoms with Gasteiger partial charge < -0.3 is 10.0 Å². The Balaban J connectivity index is 2.05. The zero-order chi connectivity index (χ0) is 13.9. The van der Waals surface area contributed by atoms with Gasteiger partial charge in [0.2, 0.25) is 0 Å². The van der Waals surface area contributed by atoms with Crippen molar-refractivity contribution in [1.82, 2.24) is 4.90 Å². The maximum Gasteiger partial charge on any atom is 0.0701 e. The van der Waals surface area contributed by atoms with Crippen molar-refractivity contribution in [3.63, 3.8) is 0 Å².